The minimum atomic E-state index is -1.18. The molecule has 1 aromatic heterocycles. The summed E-state index contributed by atoms with van der Waals surface area (Å²) in [4.78, 5) is 21.9. The molecule has 0 spiro atoms. The van der Waals surface area contributed by atoms with Gasteiger partial charge in [-0.1, -0.05) is 6.92 Å². The highest BCUT2D eigenvalue weighted by Gasteiger charge is 2.09. The van der Waals surface area contributed by atoms with Gasteiger partial charge in [-0.3, -0.25) is 4.79 Å². The molecule has 1 heterocycles. The van der Waals surface area contributed by atoms with Crippen LogP contribution in [0.2, 0.25) is 0 Å². The Labute approximate surface area is 85.8 Å². The Morgan fingerprint density at radius 1 is 1.60 bits per heavy atom. The lowest BCUT2D eigenvalue weighted by Gasteiger charge is -2.09. The van der Waals surface area contributed by atoms with Crippen molar-refractivity contribution in [2.45, 2.75) is 13.5 Å². The lowest BCUT2D eigenvalue weighted by atomic mass is 10.2. The predicted octanol–water partition coefficient (Wildman–Crippen LogP) is -0.430. The highest BCUT2D eigenvalue weighted by Crippen LogP contribution is 1.96. The van der Waals surface area contributed by atoms with Crippen LogP contribution in [0, 0.1) is 5.92 Å². The molecule has 6 heteroatoms. The second kappa shape index (κ2) is 4.70. The van der Waals surface area contributed by atoms with E-state index in [4.69, 9.17) is 10.2 Å². The quantitative estimate of drug-likeness (QED) is 0.706. The third-order valence-corrected chi connectivity index (χ3v) is 1.88. The van der Waals surface area contributed by atoms with Gasteiger partial charge >= 0.3 is 5.97 Å². The van der Waals surface area contributed by atoms with Crippen molar-refractivity contribution >= 4 is 5.97 Å². The first kappa shape index (κ1) is 11.4. The zero-order chi connectivity index (χ0) is 11.4. The molecule has 0 saturated heterocycles. The summed E-state index contributed by atoms with van der Waals surface area (Å²) in [5, 5.41) is 21.1. The Morgan fingerprint density at radius 2 is 2.27 bits per heavy atom. The molecule has 2 N–H and O–H groups in total. The Hall–Kier alpha value is -1.69. The lowest BCUT2D eigenvalue weighted by Crippen LogP contribution is -2.27. The van der Waals surface area contributed by atoms with E-state index in [9.17, 15) is 9.59 Å². The average molecular weight is 212 g/mol. The van der Waals surface area contributed by atoms with Gasteiger partial charge in [0, 0.05) is 19.2 Å². The Kier molecular flexibility index (Phi) is 3.56. The van der Waals surface area contributed by atoms with Crippen LogP contribution < -0.4 is 5.56 Å². The fourth-order valence-corrected chi connectivity index (χ4v) is 1.05. The second-order valence-electron chi connectivity index (χ2n) is 3.33. The Bertz CT molecular complexity index is 413. The molecule has 0 aliphatic heterocycles. The molecule has 0 aliphatic rings. The molecule has 0 saturated carbocycles. The van der Waals surface area contributed by atoms with Crippen LogP contribution in [0.4, 0.5) is 0 Å². The molecule has 0 amide bonds. The van der Waals surface area contributed by atoms with Gasteiger partial charge in [0.2, 0.25) is 0 Å². The van der Waals surface area contributed by atoms with Crippen molar-refractivity contribution in [2.75, 3.05) is 6.61 Å². The van der Waals surface area contributed by atoms with E-state index in [0.717, 1.165) is 16.8 Å². The van der Waals surface area contributed by atoms with E-state index in [1.165, 1.54) is 0 Å². The molecule has 15 heavy (non-hydrogen) atoms. The SMILES string of the molecule is CC(CO)Cn1nc(C(=O)O)ccc1=O. The van der Waals surface area contributed by atoms with Crippen LogP contribution in [-0.2, 0) is 6.54 Å². The first-order valence-corrected chi connectivity index (χ1v) is 4.47. The summed E-state index contributed by atoms with van der Waals surface area (Å²) in [5.41, 5.74) is -0.556. The Morgan fingerprint density at radius 3 is 2.80 bits per heavy atom. The number of aromatic nitrogens is 2. The topological polar surface area (TPSA) is 92.4 Å². The first-order chi connectivity index (χ1) is 7.04. The third-order valence-electron chi connectivity index (χ3n) is 1.88. The van der Waals surface area contributed by atoms with Crippen molar-refractivity contribution in [3.05, 3.63) is 28.2 Å². The molecule has 0 fully saturated rings. The molecule has 82 valence electrons. The molecule has 0 bridgehead atoms. The second-order valence-corrected chi connectivity index (χ2v) is 3.33. The molecular weight excluding hydrogens is 200 g/mol. The van der Waals surface area contributed by atoms with Crippen LogP contribution in [0.25, 0.3) is 0 Å². The zero-order valence-electron chi connectivity index (χ0n) is 8.25. The Balaban J connectivity index is 3.00. The fourth-order valence-electron chi connectivity index (χ4n) is 1.05. The highest BCUT2D eigenvalue weighted by atomic mass is 16.4. The van der Waals surface area contributed by atoms with E-state index in [1.807, 2.05) is 0 Å². The minimum absolute atomic E-state index is 0.0780. The van der Waals surface area contributed by atoms with Crippen molar-refractivity contribution in [1.82, 2.24) is 9.78 Å². The van der Waals surface area contributed by atoms with E-state index in [0.29, 0.717) is 0 Å². The van der Waals surface area contributed by atoms with Crippen molar-refractivity contribution in [1.29, 1.82) is 0 Å². The summed E-state index contributed by atoms with van der Waals surface area (Å²) in [7, 11) is 0. The van der Waals surface area contributed by atoms with Crippen molar-refractivity contribution < 1.29 is 15.0 Å². The number of nitrogens with zero attached hydrogens (tertiary/aromatic N) is 2. The molecule has 0 radical (unpaired) electrons. The van der Waals surface area contributed by atoms with Gasteiger partial charge in [-0.15, -0.1) is 0 Å². The van der Waals surface area contributed by atoms with Crippen LogP contribution >= 0.6 is 0 Å². The standard InChI is InChI=1S/C9H12N2O4/c1-6(5-12)4-11-8(13)3-2-7(10-11)9(14)15/h2-3,6,12H,4-5H2,1H3,(H,14,15). The predicted molar refractivity (Wildman–Crippen MR) is 51.7 cm³/mol. The van der Waals surface area contributed by atoms with Gasteiger partial charge in [-0.25, -0.2) is 9.48 Å². The minimum Gasteiger partial charge on any atom is -0.476 e. The van der Waals surface area contributed by atoms with Gasteiger partial charge in [-0.05, 0) is 12.0 Å². The first-order valence-electron chi connectivity index (χ1n) is 4.47. The summed E-state index contributed by atoms with van der Waals surface area (Å²) in [6.45, 7) is 1.86. The van der Waals surface area contributed by atoms with Crippen LogP contribution in [0.1, 0.15) is 17.4 Å². The van der Waals surface area contributed by atoms with E-state index < -0.39 is 5.97 Å². The summed E-state index contributed by atoms with van der Waals surface area (Å²) in [6, 6.07) is 2.31. The summed E-state index contributed by atoms with van der Waals surface area (Å²) >= 11 is 0. The number of rotatable bonds is 4. The summed E-state index contributed by atoms with van der Waals surface area (Å²) in [5.74, 6) is -1.32. The van der Waals surface area contributed by atoms with Gasteiger partial charge in [-0.2, -0.15) is 5.10 Å². The van der Waals surface area contributed by atoms with Crippen LogP contribution in [0.15, 0.2) is 16.9 Å². The normalized spacial score (nSPS) is 12.4. The number of carboxylic acids is 1. The molecule has 0 aromatic carbocycles. The number of aliphatic hydroxyl groups excluding tert-OH is 1. The maximum atomic E-state index is 11.3. The van der Waals surface area contributed by atoms with E-state index in [2.05, 4.69) is 5.10 Å². The van der Waals surface area contributed by atoms with Crippen molar-refractivity contribution in [3.8, 4) is 0 Å². The number of carbonyl (C=O) groups is 1. The number of aromatic carboxylic acids is 1. The summed E-state index contributed by atoms with van der Waals surface area (Å²) < 4.78 is 1.05. The zero-order valence-corrected chi connectivity index (χ0v) is 8.25. The number of carboxylic acid groups (broad SMARTS) is 1. The molecule has 1 aromatic rings. The molecular formula is C9H12N2O4. The number of hydrogen-bond donors (Lipinski definition) is 2. The smallest absolute Gasteiger partial charge is 0.356 e. The fraction of sp³-hybridized carbons (Fsp3) is 0.444. The monoisotopic (exact) mass is 212 g/mol. The number of aliphatic hydroxyl groups is 1. The van der Waals surface area contributed by atoms with Gasteiger partial charge in [0.15, 0.2) is 5.69 Å². The van der Waals surface area contributed by atoms with Crippen molar-refractivity contribution in [3.63, 3.8) is 0 Å². The van der Waals surface area contributed by atoms with E-state index in [-0.39, 0.29) is 30.3 Å². The van der Waals surface area contributed by atoms with Crippen molar-refractivity contribution in [2.24, 2.45) is 5.92 Å². The van der Waals surface area contributed by atoms with Crippen LogP contribution in [-0.4, -0.2) is 32.6 Å². The van der Waals surface area contributed by atoms with Crippen LogP contribution in [0.5, 0.6) is 0 Å². The molecule has 0 aliphatic carbocycles. The molecule has 6 nitrogen and oxygen atoms in total. The van der Waals surface area contributed by atoms with Gasteiger partial charge in [0.1, 0.15) is 0 Å². The lowest BCUT2D eigenvalue weighted by molar-refractivity contribution is 0.0686. The maximum Gasteiger partial charge on any atom is 0.356 e. The number of hydrogen-bond acceptors (Lipinski definition) is 4. The summed E-state index contributed by atoms with van der Waals surface area (Å²) in [6.07, 6.45) is 0. The average Bonchev–Trinajstić information content (AvgIpc) is 2.20. The molecule has 1 atom stereocenters. The van der Waals surface area contributed by atoms with Gasteiger partial charge < -0.3 is 10.2 Å². The third kappa shape index (κ3) is 2.88. The largest absolute Gasteiger partial charge is 0.476 e. The molecule has 1 rings (SSSR count). The highest BCUT2D eigenvalue weighted by molar-refractivity contribution is 5.84. The molecule has 1 unspecified atom stereocenters. The van der Waals surface area contributed by atoms with E-state index in [1.54, 1.807) is 6.92 Å². The maximum absolute atomic E-state index is 11.3. The van der Waals surface area contributed by atoms with Gasteiger partial charge in [0.25, 0.3) is 5.56 Å². The van der Waals surface area contributed by atoms with Gasteiger partial charge in [0.05, 0.1) is 0 Å². The van der Waals surface area contributed by atoms with E-state index >= 15 is 0 Å². The van der Waals surface area contributed by atoms with Crippen LogP contribution in [0.3, 0.4) is 0 Å².